The molecule has 0 saturated carbocycles. The SMILES string of the molecule is CCC(O)c1ccc(OCc2ccc(C#N)cc2Cl)cc1. The van der Waals surface area contributed by atoms with Crippen LogP contribution in [0.4, 0.5) is 0 Å². The molecular formula is C17H16ClNO2. The molecule has 0 aromatic heterocycles. The first-order valence-corrected chi connectivity index (χ1v) is 7.11. The van der Waals surface area contributed by atoms with Gasteiger partial charge in [-0.25, -0.2) is 0 Å². The van der Waals surface area contributed by atoms with Crippen LogP contribution in [0.25, 0.3) is 0 Å². The van der Waals surface area contributed by atoms with Crippen LogP contribution in [-0.2, 0) is 6.61 Å². The maximum Gasteiger partial charge on any atom is 0.119 e. The number of halogens is 1. The van der Waals surface area contributed by atoms with Gasteiger partial charge in [-0.05, 0) is 36.2 Å². The highest BCUT2D eigenvalue weighted by molar-refractivity contribution is 6.31. The number of nitrogens with zero attached hydrogens (tertiary/aromatic N) is 1. The number of aliphatic hydroxyl groups excluding tert-OH is 1. The lowest BCUT2D eigenvalue weighted by atomic mass is 10.1. The van der Waals surface area contributed by atoms with Crippen LogP contribution in [0.3, 0.4) is 0 Å². The van der Waals surface area contributed by atoms with E-state index in [1.54, 1.807) is 18.2 Å². The van der Waals surface area contributed by atoms with E-state index in [1.807, 2.05) is 37.3 Å². The highest BCUT2D eigenvalue weighted by Gasteiger charge is 2.06. The molecule has 0 fully saturated rings. The van der Waals surface area contributed by atoms with Gasteiger partial charge in [0.25, 0.3) is 0 Å². The molecule has 0 saturated heterocycles. The minimum atomic E-state index is -0.438. The minimum absolute atomic E-state index is 0.334. The van der Waals surface area contributed by atoms with Crippen molar-refractivity contribution in [3.05, 3.63) is 64.2 Å². The van der Waals surface area contributed by atoms with E-state index in [4.69, 9.17) is 21.6 Å². The van der Waals surface area contributed by atoms with Gasteiger partial charge in [0.1, 0.15) is 12.4 Å². The number of hydrogen-bond donors (Lipinski definition) is 1. The summed E-state index contributed by atoms with van der Waals surface area (Å²) < 4.78 is 5.67. The first-order valence-electron chi connectivity index (χ1n) is 6.73. The normalized spacial score (nSPS) is 11.7. The second-order valence-corrected chi connectivity index (χ2v) is 5.11. The van der Waals surface area contributed by atoms with Gasteiger partial charge < -0.3 is 9.84 Å². The highest BCUT2D eigenvalue weighted by atomic mass is 35.5. The molecule has 0 spiro atoms. The summed E-state index contributed by atoms with van der Waals surface area (Å²) in [6.45, 7) is 2.27. The van der Waals surface area contributed by atoms with Crippen molar-refractivity contribution in [3.8, 4) is 11.8 Å². The predicted molar refractivity (Wildman–Crippen MR) is 82.2 cm³/mol. The molecule has 108 valence electrons. The van der Waals surface area contributed by atoms with E-state index < -0.39 is 6.10 Å². The molecule has 21 heavy (non-hydrogen) atoms. The molecule has 0 bridgehead atoms. The Morgan fingerprint density at radius 3 is 2.52 bits per heavy atom. The van der Waals surface area contributed by atoms with Crippen molar-refractivity contribution in [1.29, 1.82) is 5.26 Å². The molecule has 0 heterocycles. The lowest BCUT2D eigenvalue weighted by Crippen LogP contribution is -1.98. The molecule has 1 atom stereocenters. The first-order chi connectivity index (χ1) is 10.1. The van der Waals surface area contributed by atoms with Gasteiger partial charge in [0, 0.05) is 10.6 Å². The summed E-state index contributed by atoms with van der Waals surface area (Å²) in [6.07, 6.45) is 0.244. The Morgan fingerprint density at radius 2 is 1.95 bits per heavy atom. The lowest BCUT2D eigenvalue weighted by Gasteiger charge is -2.11. The molecule has 0 amide bonds. The molecule has 4 heteroatoms. The Morgan fingerprint density at radius 1 is 1.24 bits per heavy atom. The van der Waals surface area contributed by atoms with Gasteiger partial charge in [-0.2, -0.15) is 5.26 Å². The monoisotopic (exact) mass is 301 g/mol. The van der Waals surface area contributed by atoms with Crippen LogP contribution in [0.1, 0.15) is 36.1 Å². The Bertz CT molecular complexity index is 647. The Balaban J connectivity index is 2.02. The topological polar surface area (TPSA) is 53.2 Å². The predicted octanol–water partition coefficient (Wildman–Crippen LogP) is 4.23. The van der Waals surface area contributed by atoms with E-state index in [-0.39, 0.29) is 0 Å². The van der Waals surface area contributed by atoms with Crippen LogP contribution in [0.15, 0.2) is 42.5 Å². The lowest BCUT2D eigenvalue weighted by molar-refractivity contribution is 0.173. The zero-order chi connectivity index (χ0) is 15.2. The number of rotatable bonds is 5. The fourth-order valence-corrected chi connectivity index (χ4v) is 2.15. The third-order valence-electron chi connectivity index (χ3n) is 3.23. The number of benzene rings is 2. The van der Waals surface area contributed by atoms with Crippen LogP contribution in [-0.4, -0.2) is 5.11 Å². The van der Waals surface area contributed by atoms with Gasteiger partial charge in [-0.1, -0.05) is 36.7 Å². The van der Waals surface area contributed by atoms with Crippen molar-refractivity contribution < 1.29 is 9.84 Å². The van der Waals surface area contributed by atoms with E-state index in [1.165, 1.54) is 0 Å². The summed E-state index contributed by atoms with van der Waals surface area (Å²) in [5.74, 6) is 0.711. The van der Waals surface area contributed by atoms with Crippen molar-refractivity contribution >= 4 is 11.6 Å². The van der Waals surface area contributed by atoms with Crippen molar-refractivity contribution in [2.45, 2.75) is 26.1 Å². The van der Waals surface area contributed by atoms with E-state index >= 15 is 0 Å². The summed E-state index contributed by atoms with van der Waals surface area (Å²) in [5, 5.41) is 19.0. The fraction of sp³-hybridized carbons (Fsp3) is 0.235. The number of aliphatic hydroxyl groups is 1. The van der Waals surface area contributed by atoms with E-state index in [2.05, 4.69) is 0 Å². The summed E-state index contributed by atoms with van der Waals surface area (Å²) in [4.78, 5) is 0. The molecule has 3 nitrogen and oxygen atoms in total. The van der Waals surface area contributed by atoms with Crippen molar-refractivity contribution in [2.75, 3.05) is 0 Å². The number of nitriles is 1. The second kappa shape index (κ2) is 7.12. The Hall–Kier alpha value is -2.02. The molecule has 2 rings (SSSR count). The zero-order valence-electron chi connectivity index (χ0n) is 11.7. The Labute approximate surface area is 129 Å². The van der Waals surface area contributed by atoms with Gasteiger partial charge in [0.2, 0.25) is 0 Å². The largest absolute Gasteiger partial charge is 0.489 e. The third-order valence-corrected chi connectivity index (χ3v) is 3.58. The quantitative estimate of drug-likeness (QED) is 0.899. The van der Waals surface area contributed by atoms with Crippen molar-refractivity contribution in [2.24, 2.45) is 0 Å². The second-order valence-electron chi connectivity index (χ2n) is 4.70. The molecule has 0 aliphatic rings. The molecule has 2 aromatic rings. The van der Waals surface area contributed by atoms with Gasteiger partial charge in [0.15, 0.2) is 0 Å². The molecule has 1 unspecified atom stereocenters. The van der Waals surface area contributed by atoms with Crippen LogP contribution in [0.5, 0.6) is 5.75 Å². The number of ether oxygens (including phenoxy) is 1. The van der Waals surface area contributed by atoms with Crippen LogP contribution >= 0.6 is 11.6 Å². The molecule has 0 radical (unpaired) electrons. The Kier molecular flexibility index (Phi) is 5.21. The number of hydrogen-bond acceptors (Lipinski definition) is 3. The maximum absolute atomic E-state index is 9.73. The minimum Gasteiger partial charge on any atom is -0.489 e. The average Bonchev–Trinajstić information content (AvgIpc) is 2.53. The van der Waals surface area contributed by atoms with Crippen LogP contribution < -0.4 is 4.74 Å². The third kappa shape index (κ3) is 3.98. The standard InChI is InChI=1S/C17H16ClNO2/c1-2-17(20)13-5-7-15(8-6-13)21-11-14-4-3-12(10-19)9-16(14)18/h3-9,17,20H,2,11H2,1H3. The molecular weight excluding hydrogens is 286 g/mol. The van der Waals surface area contributed by atoms with Gasteiger partial charge in [-0.15, -0.1) is 0 Å². The molecule has 2 aromatic carbocycles. The molecule has 0 aliphatic heterocycles. The fourth-order valence-electron chi connectivity index (χ4n) is 1.92. The first kappa shape index (κ1) is 15.4. The highest BCUT2D eigenvalue weighted by Crippen LogP contribution is 2.22. The van der Waals surface area contributed by atoms with E-state index in [0.717, 1.165) is 11.1 Å². The maximum atomic E-state index is 9.73. The molecule has 1 N–H and O–H groups in total. The van der Waals surface area contributed by atoms with Gasteiger partial charge >= 0.3 is 0 Å². The van der Waals surface area contributed by atoms with Crippen LogP contribution in [0, 0.1) is 11.3 Å². The zero-order valence-corrected chi connectivity index (χ0v) is 12.5. The van der Waals surface area contributed by atoms with Gasteiger partial charge in [-0.3, -0.25) is 0 Å². The average molecular weight is 302 g/mol. The van der Waals surface area contributed by atoms with Crippen molar-refractivity contribution in [1.82, 2.24) is 0 Å². The molecule has 0 aliphatic carbocycles. The van der Waals surface area contributed by atoms with Crippen molar-refractivity contribution in [3.63, 3.8) is 0 Å². The summed E-state index contributed by atoms with van der Waals surface area (Å²) >= 11 is 6.10. The summed E-state index contributed by atoms with van der Waals surface area (Å²) in [6, 6.07) is 14.5. The van der Waals surface area contributed by atoms with E-state index in [0.29, 0.717) is 29.4 Å². The summed E-state index contributed by atoms with van der Waals surface area (Å²) in [7, 11) is 0. The van der Waals surface area contributed by atoms with E-state index in [9.17, 15) is 5.11 Å². The van der Waals surface area contributed by atoms with Gasteiger partial charge in [0.05, 0.1) is 17.7 Å². The van der Waals surface area contributed by atoms with Crippen LogP contribution in [0.2, 0.25) is 5.02 Å². The smallest absolute Gasteiger partial charge is 0.119 e. The summed E-state index contributed by atoms with van der Waals surface area (Å²) in [5.41, 5.74) is 2.23.